The van der Waals surface area contributed by atoms with Crippen molar-refractivity contribution in [2.24, 2.45) is 5.84 Å². The van der Waals surface area contributed by atoms with Crippen LogP contribution >= 0.6 is 0 Å². The van der Waals surface area contributed by atoms with Crippen LogP contribution in [0.15, 0.2) is 12.3 Å². The summed E-state index contributed by atoms with van der Waals surface area (Å²) >= 11 is 0. The third kappa shape index (κ3) is 1.79. The van der Waals surface area contributed by atoms with Crippen molar-refractivity contribution in [3.8, 4) is 0 Å². The highest BCUT2D eigenvalue weighted by Crippen LogP contribution is 2.14. The predicted octanol–water partition coefficient (Wildman–Crippen LogP) is -0.0619. The van der Waals surface area contributed by atoms with Gasteiger partial charge in [-0.25, -0.2) is 5.01 Å². The molecule has 13 heavy (non-hydrogen) atoms. The maximum Gasteiger partial charge on any atom is 0.0503 e. The van der Waals surface area contributed by atoms with Gasteiger partial charge in [0.05, 0.1) is 11.9 Å². The van der Waals surface area contributed by atoms with Crippen LogP contribution in [0.3, 0.4) is 0 Å². The smallest absolute Gasteiger partial charge is 0.0503 e. The number of aromatic nitrogens is 1. The van der Waals surface area contributed by atoms with Crippen molar-refractivity contribution in [2.75, 3.05) is 18.8 Å². The molecule has 0 spiro atoms. The number of anilines is 1. The Morgan fingerprint density at radius 1 is 1.31 bits per heavy atom. The van der Waals surface area contributed by atoms with E-state index in [0.29, 0.717) is 0 Å². The minimum absolute atomic E-state index is 0.740. The van der Waals surface area contributed by atoms with Crippen LogP contribution in [0.25, 0.3) is 0 Å². The quantitative estimate of drug-likeness (QED) is 0.546. The predicted molar refractivity (Wildman–Crippen MR) is 51.8 cm³/mol. The first-order valence-corrected chi connectivity index (χ1v) is 4.48. The van der Waals surface area contributed by atoms with Crippen LogP contribution in [0.2, 0.25) is 0 Å². The van der Waals surface area contributed by atoms with Crippen molar-refractivity contribution in [1.29, 1.82) is 0 Å². The highest BCUT2D eigenvalue weighted by atomic mass is 15.4. The Hall–Kier alpha value is -1.13. The van der Waals surface area contributed by atoms with E-state index < -0.39 is 0 Å². The highest BCUT2D eigenvalue weighted by molar-refractivity contribution is 5.40. The van der Waals surface area contributed by atoms with E-state index in [1.807, 2.05) is 11.1 Å². The fraction of sp³-hybridized carbons (Fsp3) is 0.444. The van der Waals surface area contributed by atoms with Crippen LogP contribution in [0, 0.1) is 0 Å². The molecular formula is C9H14N4. The number of hydrogen-bond donors (Lipinski definition) is 2. The van der Waals surface area contributed by atoms with Crippen molar-refractivity contribution < 1.29 is 0 Å². The van der Waals surface area contributed by atoms with Crippen LogP contribution in [0.4, 0.5) is 5.69 Å². The van der Waals surface area contributed by atoms with Gasteiger partial charge in [0.25, 0.3) is 0 Å². The third-order valence-electron chi connectivity index (χ3n) is 2.39. The van der Waals surface area contributed by atoms with E-state index in [2.05, 4.69) is 4.98 Å². The third-order valence-corrected chi connectivity index (χ3v) is 2.39. The van der Waals surface area contributed by atoms with E-state index in [-0.39, 0.29) is 0 Å². The normalized spacial score (nSPS) is 17.9. The second-order valence-electron chi connectivity index (χ2n) is 3.41. The Labute approximate surface area is 77.5 Å². The summed E-state index contributed by atoms with van der Waals surface area (Å²) in [4.78, 5) is 4.31. The monoisotopic (exact) mass is 178 g/mol. The molecule has 0 atom stereocenters. The topological polar surface area (TPSA) is 68.2 Å². The fourth-order valence-corrected chi connectivity index (χ4v) is 1.62. The molecule has 2 rings (SSSR count). The summed E-state index contributed by atoms with van der Waals surface area (Å²) in [7, 11) is 0. The molecule has 0 fully saturated rings. The molecule has 1 aliphatic rings. The number of nitrogens with zero attached hydrogens (tertiary/aromatic N) is 2. The number of fused-ring (bicyclic) bond motifs is 1. The van der Waals surface area contributed by atoms with Gasteiger partial charge in [-0.15, -0.1) is 0 Å². The first-order valence-electron chi connectivity index (χ1n) is 4.48. The number of pyridine rings is 1. The van der Waals surface area contributed by atoms with Gasteiger partial charge in [-0.1, -0.05) is 0 Å². The highest BCUT2D eigenvalue weighted by Gasteiger charge is 2.12. The summed E-state index contributed by atoms with van der Waals surface area (Å²) in [6, 6.07) is 2.00. The molecule has 0 saturated heterocycles. The zero-order chi connectivity index (χ0) is 9.26. The molecule has 2 heterocycles. The molecule has 1 aliphatic heterocycles. The van der Waals surface area contributed by atoms with Gasteiger partial charge in [-0.3, -0.25) is 10.8 Å². The maximum atomic E-state index is 5.73. The molecule has 0 aromatic carbocycles. The summed E-state index contributed by atoms with van der Waals surface area (Å²) < 4.78 is 0. The first kappa shape index (κ1) is 8.47. The zero-order valence-corrected chi connectivity index (χ0v) is 7.53. The molecule has 4 heteroatoms. The van der Waals surface area contributed by atoms with Crippen molar-refractivity contribution in [1.82, 2.24) is 9.99 Å². The van der Waals surface area contributed by atoms with E-state index >= 15 is 0 Å². The molecule has 0 aliphatic carbocycles. The van der Waals surface area contributed by atoms with Crippen molar-refractivity contribution >= 4 is 5.69 Å². The lowest BCUT2D eigenvalue weighted by Gasteiger charge is -2.10. The molecule has 0 unspecified atom stereocenters. The van der Waals surface area contributed by atoms with Gasteiger partial charge in [0.15, 0.2) is 0 Å². The van der Waals surface area contributed by atoms with Gasteiger partial charge in [0.2, 0.25) is 0 Å². The Morgan fingerprint density at radius 2 is 2.08 bits per heavy atom. The average molecular weight is 178 g/mol. The summed E-state index contributed by atoms with van der Waals surface area (Å²) in [5.74, 6) is 5.73. The van der Waals surface area contributed by atoms with Gasteiger partial charge in [-0.05, 0) is 18.1 Å². The largest absolute Gasteiger partial charge is 0.397 e. The number of nitrogen functional groups attached to an aromatic ring is 1. The number of hydrogen-bond acceptors (Lipinski definition) is 4. The van der Waals surface area contributed by atoms with Crippen molar-refractivity contribution in [3.63, 3.8) is 0 Å². The molecule has 0 bridgehead atoms. The van der Waals surface area contributed by atoms with E-state index in [4.69, 9.17) is 11.6 Å². The van der Waals surface area contributed by atoms with Crippen LogP contribution in [0.1, 0.15) is 11.3 Å². The van der Waals surface area contributed by atoms with Gasteiger partial charge >= 0.3 is 0 Å². The Bertz CT molecular complexity index is 310. The summed E-state index contributed by atoms with van der Waals surface area (Å²) in [5.41, 5.74) is 8.78. The minimum Gasteiger partial charge on any atom is -0.397 e. The summed E-state index contributed by atoms with van der Waals surface area (Å²) in [6.07, 6.45) is 3.58. The molecular weight excluding hydrogens is 164 g/mol. The van der Waals surface area contributed by atoms with Crippen molar-refractivity contribution in [3.05, 3.63) is 23.5 Å². The van der Waals surface area contributed by atoms with Gasteiger partial charge in [0, 0.05) is 25.2 Å². The Balaban J connectivity index is 2.30. The van der Waals surface area contributed by atoms with E-state index in [1.54, 1.807) is 6.20 Å². The van der Waals surface area contributed by atoms with Gasteiger partial charge in [0.1, 0.15) is 0 Å². The lowest BCUT2D eigenvalue weighted by atomic mass is 10.1. The van der Waals surface area contributed by atoms with Crippen molar-refractivity contribution in [2.45, 2.75) is 12.8 Å². The summed E-state index contributed by atoms with van der Waals surface area (Å²) in [5, 5.41) is 1.83. The van der Waals surface area contributed by atoms with E-state index in [1.165, 1.54) is 5.56 Å². The maximum absolute atomic E-state index is 5.73. The number of hydrazine groups is 1. The molecule has 4 nitrogen and oxygen atoms in total. The zero-order valence-electron chi connectivity index (χ0n) is 7.53. The number of nitrogens with two attached hydrogens (primary N) is 2. The van der Waals surface area contributed by atoms with Crippen LogP contribution in [0.5, 0.6) is 0 Å². The SMILES string of the molecule is Nc1cnc2c(c1)CCN(N)CC2. The first-order chi connectivity index (χ1) is 6.25. The molecule has 1 aromatic heterocycles. The molecule has 0 radical (unpaired) electrons. The molecule has 0 amide bonds. The number of rotatable bonds is 0. The fourth-order valence-electron chi connectivity index (χ4n) is 1.62. The minimum atomic E-state index is 0.740. The lowest BCUT2D eigenvalue weighted by molar-refractivity contribution is 0.298. The standard InChI is InChI=1S/C9H14N4/c10-8-5-7-1-3-13(11)4-2-9(7)12-6-8/h5-6H,1-4,10-11H2. The van der Waals surface area contributed by atoms with Crippen LogP contribution < -0.4 is 11.6 Å². The van der Waals surface area contributed by atoms with Gasteiger partial charge in [-0.2, -0.15) is 0 Å². The van der Waals surface area contributed by atoms with Crippen LogP contribution in [-0.2, 0) is 12.8 Å². The van der Waals surface area contributed by atoms with Crippen LogP contribution in [-0.4, -0.2) is 23.1 Å². The second kappa shape index (κ2) is 3.32. The molecule has 0 saturated carbocycles. The van der Waals surface area contributed by atoms with Gasteiger partial charge < -0.3 is 5.73 Å². The lowest BCUT2D eigenvalue weighted by Crippen LogP contribution is -2.33. The Morgan fingerprint density at radius 3 is 2.92 bits per heavy atom. The summed E-state index contributed by atoms with van der Waals surface area (Å²) in [6.45, 7) is 1.77. The van der Waals surface area contributed by atoms with E-state index in [0.717, 1.165) is 37.3 Å². The molecule has 1 aromatic rings. The molecule has 70 valence electrons. The second-order valence-corrected chi connectivity index (χ2v) is 3.41. The van der Waals surface area contributed by atoms with E-state index in [9.17, 15) is 0 Å². The average Bonchev–Trinajstić information content (AvgIpc) is 2.29. The molecule has 4 N–H and O–H groups in total. The Kier molecular flexibility index (Phi) is 2.16.